The van der Waals surface area contributed by atoms with Crippen molar-refractivity contribution in [3.63, 3.8) is 0 Å². The third-order valence-electron chi connectivity index (χ3n) is 7.13. The lowest BCUT2D eigenvalue weighted by molar-refractivity contribution is -0.146. The average molecular weight is 448 g/mol. The van der Waals surface area contributed by atoms with Gasteiger partial charge in [0.15, 0.2) is 0 Å². The molecule has 0 aromatic rings. The fraction of sp³-hybridized carbons (Fsp3) is 0.696. The van der Waals surface area contributed by atoms with Gasteiger partial charge < -0.3 is 19.8 Å². The van der Waals surface area contributed by atoms with Crippen LogP contribution in [0.4, 0.5) is 0 Å². The highest BCUT2D eigenvalue weighted by atomic mass is 32.2. The van der Waals surface area contributed by atoms with Crippen LogP contribution in [-0.4, -0.2) is 91.9 Å². The number of carbonyl (C=O) groups excluding carboxylic acids is 3. The standard InChI is InChI=1S/C23H33N3O4S/c1-21(2,3)26-13-7-10-23-16(19(29)25(12-8-14-27)17(23)20(26)30)15-18(28)24(5)11-6-9-22(15,4)31-23/h6-7,9-10,15-17,27H,8,11-14H2,1-5H3/t15-,16+,17?,22+,23+/m1/s1. The number of thioether (sulfide) groups is 1. The van der Waals surface area contributed by atoms with E-state index in [4.69, 9.17) is 0 Å². The zero-order valence-electron chi connectivity index (χ0n) is 19.0. The first-order chi connectivity index (χ1) is 14.5. The van der Waals surface area contributed by atoms with Crippen LogP contribution in [0.3, 0.4) is 0 Å². The molecule has 170 valence electrons. The maximum absolute atomic E-state index is 14.0. The van der Waals surface area contributed by atoms with Crippen molar-refractivity contribution in [1.29, 1.82) is 0 Å². The first kappa shape index (κ1) is 22.4. The molecule has 0 bridgehead atoms. The first-order valence-electron chi connectivity index (χ1n) is 11.0. The van der Waals surface area contributed by atoms with Gasteiger partial charge in [-0.2, -0.15) is 0 Å². The van der Waals surface area contributed by atoms with E-state index in [-0.39, 0.29) is 24.3 Å². The number of likely N-dealkylation sites (tertiary alicyclic amines) is 1. The predicted octanol–water partition coefficient (Wildman–Crippen LogP) is 1.28. The number of aliphatic hydroxyl groups excluding tert-OH is 1. The van der Waals surface area contributed by atoms with Crippen LogP contribution < -0.4 is 0 Å². The maximum atomic E-state index is 14.0. The largest absolute Gasteiger partial charge is 0.396 e. The van der Waals surface area contributed by atoms with Crippen LogP contribution in [0.25, 0.3) is 0 Å². The minimum absolute atomic E-state index is 0.0456. The highest BCUT2D eigenvalue weighted by Gasteiger charge is 2.73. The zero-order chi connectivity index (χ0) is 22.8. The molecule has 1 unspecified atom stereocenters. The molecular formula is C23H33N3O4S. The summed E-state index contributed by atoms with van der Waals surface area (Å²) in [7, 11) is 1.77. The van der Waals surface area contributed by atoms with Crippen molar-refractivity contribution in [3.05, 3.63) is 24.3 Å². The second-order valence-corrected chi connectivity index (χ2v) is 12.0. The lowest BCUT2D eigenvalue weighted by Gasteiger charge is -2.41. The third kappa shape index (κ3) is 3.17. The van der Waals surface area contributed by atoms with Gasteiger partial charge in [-0.25, -0.2) is 0 Å². The molecule has 2 fully saturated rings. The van der Waals surface area contributed by atoms with Gasteiger partial charge in [0.1, 0.15) is 6.04 Å². The molecule has 0 radical (unpaired) electrons. The number of hydrogen-bond acceptors (Lipinski definition) is 5. The van der Waals surface area contributed by atoms with E-state index in [0.29, 0.717) is 26.1 Å². The van der Waals surface area contributed by atoms with Gasteiger partial charge in [-0.1, -0.05) is 24.3 Å². The molecule has 4 aliphatic rings. The van der Waals surface area contributed by atoms with Crippen LogP contribution in [0.5, 0.6) is 0 Å². The fourth-order valence-electron chi connectivity index (χ4n) is 5.73. The van der Waals surface area contributed by atoms with Gasteiger partial charge in [0, 0.05) is 43.6 Å². The monoisotopic (exact) mass is 447 g/mol. The molecule has 1 spiro atoms. The minimum atomic E-state index is -0.804. The van der Waals surface area contributed by atoms with Gasteiger partial charge in [0.25, 0.3) is 0 Å². The summed E-state index contributed by atoms with van der Waals surface area (Å²) in [5.74, 6) is -1.41. The molecule has 4 aliphatic heterocycles. The van der Waals surface area contributed by atoms with E-state index >= 15 is 0 Å². The molecule has 0 aliphatic carbocycles. The van der Waals surface area contributed by atoms with Crippen molar-refractivity contribution < 1.29 is 19.5 Å². The Morgan fingerprint density at radius 2 is 1.74 bits per heavy atom. The number of carbonyl (C=O) groups is 3. The van der Waals surface area contributed by atoms with Crippen molar-refractivity contribution in [1.82, 2.24) is 14.7 Å². The number of fused-ring (bicyclic) bond motifs is 2. The van der Waals surface area contributed by atoms with E-state index in [1.54, 1.807) is 28.6 Å². The number of amides is 3. The summed E-state index contributed by atoms with van der Waals surface area (Å²) in [6, 6.07) is -0.685. The van der Waals surface area contributed by atoms with Crippen LogP contribution in [0.2, 0.25) is 0 Å². The number of likely N-dealkylation sites (N-methyl/N-ethyl adjacent to an activating group) is 1. The van der Waals surface area contributed by atoms with Gasteiger partial charge in [-0.15, -0.1) is 11.8 Å². The molecule has 0 saturated carbocycles. The van der Waals surface area contributed by atoms with E-state index in [1.807, 2.05) is 50.8 Å². The Morgan fingerprint density at radius 1 is 1.06 bits per heavy atom. The number of hydrogen-bond donors (Lipinski definition) is 1. The van der Waals surface area contributed by atoms with E-state index in [1.165, 1.54) is 0 Å². The number of aliphatic hydroxyl groups is 1. The van der Waals surface area contributed by atoms with Crippen molar-refractivity contribution >= 4 is 29.5 Å². The molecule has 0 aromatic carbocycles. The van der Waals surface area contributed by atoms with Gasteiger partial charge in [-0.3, -0.25) is 14.4 Å². The third-order valence-corrected chi connectivity index (χ3v) is 8.92. The molecule has 4 heterocycles. The first-order valence-corrected chi connectivity index (χ1v) is 11.8. The van der Waals surface area contributed by atoms with Gasteiger partial charge >= 0.3 is 0 Å². The van der Waals surface area contributed by atoms with Gasteiger partial charge in [0.05, 0.1) is 16.6 Å². The Kier molecular flexibility index (Phi) is 5.33. The second kappa shape index (κ2) is 7.37. The fourth-order valence-corrected chi connectivity index (χ4v) is 7.89. The molecule has 1 N–H and O–H groups in total. The van der Waals surface area contributed by atoms with Crippen LogP contribution in [0.1, 0.15) is 34.1 Å². The summed E-state index contributed by atoms with van der Waals surface area (Å²) in [5, 5.41) is 9.43. The summed E-state index contributed by atoms with van der Waals surface area (Å²) < 4.78 is -1.37. The molecule has 31 heavy (non-hydrogen) atoms. The highest BCUT2D eigenvalue weighted by molar-refractivity contribution is 8.02. The van der Waals surface area contributed by atoms with Crippen molar-refractivity contribution in [2.75, 3.05) is 33.3 Å². The summed E-state index contributed by atoms with van der Waals surface area (Å²) >= 11 is 1.60. The van der Waals surface area contributed by atoms with Crippen LogP contribution in [-0.2, 0) is 14.4 Å². The Bertz CT molecular complexity index is 865. The summed E-state index contributed by atoms with van der Waals surface area (Å²) in [5.41, 5.74) is -0.399. The molecule has 2 saturated heterocycles. The Morgan fingerprint density at radius 3 is 2.39 bits per heavy atom. The molecule has 5 atom stereocenters. The topological polar surface area (TPSA) is 81.2 Å². The molecule has 4 rings (SSSR count). The van der Waals surface area contributed by atoms with Crippen LogP contribution in [0, 0.1) is 11.8 Å². The predicted molar refractivity (Wildman–Crippen MR) is 120 cm³/mol. The van der Waals surface area contributed by atoms with Gasteiger partial charge in [-0.05, 0) is 34.1 Å². The average Bonchev–Trinajstić information content (AvgIpc) is 2.94. The lowest BCUT2D eigenvalue weighted by Crippen LogP contribution is -2.57. The van der Waals surface area contributed by atoms with Gasteiger partial charge in [0.2, 0.25) is 17.7 Å². The van der Waals surface area contributed by atoms with E-state index in [0.717, 1.165) is 0 Å². The van der Waals surface area contributed by atoms with E-state index < -0.39 is 32.9 Å². The van der Waals surface area contributed by atoms with Crippen LogP contribution >= 0.6 is 11.8 Å². The lowest BCUT2D eigenvalue weighted by atomic mass is 9.74. The van der Waals surface area contributed by atoms with E-state index in [2.05, 4.69) is 6.08 Å². The molecule has 3 amide bonds. The Balaban J connectivity index is 1.88. The maximum Gasteiger partial charge on any atom is 0.247 e. The number of rotatable bonds is 3. The Hall–Kier alpha value is -1.80. The number of nitrogens with zero attached hydrogens (tertiary/aromatic N) is 3. The van der Waals surface area contributed by atoms with E-state index in [9.17, 15) is 19.5 Å². The zero-order valence-corrected chi connectivity index (χ0v) is 19.8. The SMILES string of the molecule is CN1CC=C[C@]2(C)S[C@]34C=CCN(C(C)(C)C)C(=O)C3N(CCCO)C(=O)[C@@H]4[C@@H]2C1=O. The Labute approximate surface area is 188 Å². The molecule has 7 nitrogen and oxygen atoms in total. The molecule has 0 aromatic heterocycles. The molecule has 8 heteroatoms. The van der Waals surface area contributed by atoms with Crippen molar-refractivity contribution in [2.45, 2.75) is 55.2 Å². The molecular weight excluding hydrogens is 414 g/mol. The smallest absolute Gasteiger partial charge is 0.247 e. The summed E-state index contributed by atoms with van der Waals surface area (Å²) in [6.07, 6.45) is 8.49. The minimum Gasteiger partial charge on any atom is -0.396 e. The quantitative estimate of drug-likeness (QED) is 0.660. The summed E-state index contributed by atoms with van der Waals surface area (Å²) in [4.78, 5) is 46.4. The normalized spacial score (nSPS) is 37.7. The van der Waals surface area contributed by atoms with Crippen LogP contribution in [0.15, 0.2) is 24.3 Å². The van der Waals surface area contributed by atoms with Crippen molar-refractivity contribution in [2.24, 2.45) is 11.8 Å². The summed E-state index contributed by atoms with van der Waals surface area (Å²) in [6.45, 7) is 9.26. The van der Waals surface area contributed by atoms with Crippen molar-refractivity contribution in [3.8, 4) is 0 Å². The second-order valence-electron chi connectivity index (χ2n) is 10.2. The highest BCUT2D eigenvalue weighted by Crippen LogP contribution is 2.65.